The Morgan fingerprint density at radius 3 is 2.74 bits per heavy atom. The van der Waals surface area contributed by atoms with Crippen LogP contribution in [0.3, 0.4) is 0 Å². The summed E-state index contributed by atoms with van der Waals surface area (Å²) in [6, 6.07) is 15.0. The molecule has 0 spiro atoms. The molecule has 5 nitrogen and oxygen atoms in total. The quantitative estimate of drug-likeness (QED) is 0.749. The van der Waals surface area contributed by atoms with Crippen molar-refractivity contribution < 1.29 is 14.3 Å². The third kappa shape index (κ3) is 3.78. The number of para-hydroxylation sites is 2. The Kier molecular flexibility index (Phi) is 4.73. The van der Waals surface area contributed by atoms with Gasteiger partial charge in [-0.25, -0.2) is 4.98 Å². The van der Waals surface area contributed by atoms with Gasteiger partial charge in [-0.15, -0.1) is 0 Å². The van der Waals surface area contributed by atoms with Crippen LogP contribution in [-0.4, -0.2) is 24.1 Å². The Morgan fingerprint density at radius 2 is 1.96 bits per heavy atom. The first-order chi connectivity index (χ1) is 11.3. The smallest absolute Gasteiger partial charge is 0.264 e. The first kappa shape index (κ1) is 15.3. The van der Waals surface area contributed by atoms with Gasteiger partial charge < -0.3 is 9.47 Å². The molecule has 0 aliphatic heterocycles. The molecule has 0 bridgehead atoms. The Balaban J connectivity index is 1.66. The lowest BCUT2D eigenvalue weighted by molar-refractivity contribution is -0.118. The number of nitrogens with one attached hydrogen (secondary N) is 1. The highest BCUT2D eigenvalue weighted by Crippen LogP contribution is 2.32. The molecule has 0 saturated carbocycles. The number of rotatable bonds is 6. The number of anilines is 1. The molecule has 0 atom stereocenters. The number of carbonyl (C=O) groups excluding carboxylic acids is 1. The van der Waals surface area contributed by atoms with E-state index in [1.807, 2.05) is 43.3 Å². The zero-order chi connectivity index (χ0) is 16.1. The minimum absolute atomic E-state index is 0.0573. The second-order valence-corrected chi connectivity index (χ2v) is 5.74. The Morgan fingerprint density at radius 1 is 1.13 bits per heavy atom. The topological polar surface area (TPSA) is 60.5 Å². The number of aromatic nitrogens is 1. The number of carbonyl (C=O) groups is 1. The van der Waals surface area contributed by atoms with E-state index in [1.54, 1.807) is 12.1 Å². The minimum Gasteiger partial charge on any atom is -0.492 e. The SMILES string of the molecule is CCOc1cccc2sc(NC(=O)COc3ccccc3)nc12. The van der Waals surface area contributed by atoms with Crippen molar-refractivity contribution in [2.75, 3.05) is 18.5 Å². The lowest BCUT2D eigenvalue weighted by atomic mass is 10.3. The second kappa shape index (κ2) is 7.11. The summed E-state index contributed by atoms with van der Waals surface area (Å²) in [4.78, 5) is 16.4. The zero-order valence-corrected chi connectivity index (χ0v) is 13.4. The largest absolute Gasteiger partial charge is 0.492 e. The summed E-state index contributed by atoms with van der Waals surface area (Å²) in [6.07, 6.45) is 0. The Hall–Kier alpha value is -2.60. The van der Waals surface area contributed by atoms with Crippen molar-refractivity contribution in [2.24, 2.45) is 0 Å². The highest BCUT2D eigenvalue weighted by molar-refractivity contribution is 7.22. The minimum atomic E-state index is -0.245. The van der Waals surface area contributed by atoms with E-state index >= 15 is 0 Å². The van der Waals surface area contributed by atoms with Crippen LogP contribution in [0.15, 0.2) is 48.5 Å². The van der Waals surface area contributed by atoms with E-state index in [-0.39, 0.29) is 12.5 Å². The second-order valence-electron chi connectivity index (χ2n) is 4.70. The Labute approximate surface area is 137 Å². The predicted octanol–water partition coefficient (Wildman–Crippen LogP) is 3.71. The molecule has 3 aromatic rings. The van der Waals surface area contributed by atoms with Crippen LogP contribution >= 0.6 is 11.3 Å². The first-order valence-corrected chi connectivity index (χ1v) is 8.08. The average Bonchev–Trinajstić information content (AvgIpc) is 2.97. The van der Waals surface area contributed by atoms with Crippen LogP contribution in [0.4, 0.5) is 5.13 Å². The Bertz CT molecular complexity index is 802. The van der Waals surface area contributed by atoms with Gasteiger partial charge in [-0.3, -0.25) is 10.1 Å². The van der Waals surface area contributed by atoms with Gasteiger partial charge in [0.15, 0.2) is 11.7 Å². The number of thiazole rings is 1. The number of benzene rings is 2. The molecule has 0 radical (unpaired) electrons. The normalized spacial score (nSPS) is 10.5. The van der Waals surface area contributed by atoms with Crippen LogP contribution < -0.4 is 14.8 Å². The lowest BCUT2D eigenvalue weighted by Gasteiger charge is -2.05. The summed E-state index contributed by atoms with van der Waals surface area (Å²) in [6.45, 7) is 2.44. The van der Waals surface area contributed by atoms with Crippen LogP contribution in [0.25, 0.3) is 10.2 Å². The predicted molar refractivity (Wildman–Crippen MR) is 91.4 cm³/mol. The summed E-state index contributed by atoms with van der Waals surface area (Å²) >= 11 is 1.41. The van der Waals surface area contributed by atoms with Gasteiger partial charge in [0, 0.05) is 0 Å². The molecule has 1 amide bonds. The third-order valence-corrected chi connectivity index (χ3v) is 3.98. The van der Waals surface area contributed by atoms with E-state index in [4.69, 9.17) is 9.47 Å². The number of amides is 1. The van der Waals surface area contributed by atoms with Crippen molar-refractivity contribution in [3.05, 3.63) is 48.5 Å². The van der Waals surface area contributed by atoms with E-state index in [2.05, 4.69) is 10.3 Å². The van der Waals surface area contributed by atoms with E-state index in [0.717, 1.165) is 16.0 Å². The summed E-state index contributed by atoms with van der Waals surface area (Å²) in [5.74, 6) is 1.14. The van der Waals surface area contributed by atoms with Gasteiger partial charge in [0.05, 0.1) is 11.3 Å². The van der Waals surface area contributed by atoms with Crippen molar-refractivity contribution in [1.29, 1.82) is 0 Å². The molecule has 0 saturated heterocycles. The van der Waals surface area contributed by atoms with Gasteiger partial charge in [0.25, 0.3) is 5.91 Å². The molecule has 1 N–H and O–H groups in total. The first-order valence-electron chi connectivity index (χ1n) is 7.26. The van der Waals surface area contributed by atoms with Crippen molar-refractivity contribution in [2.45, 2.75) is 6.92 Å². The molecular weight excluding hydrogens is 312 g/mol. The highest BCUT2D eigenvalue weighted by Gasteiger charge is 2.11. The monoisotopic (exact) mass is 328 g/mol. The maximum absolute atomic E-state index is 12.0. The lowest BCUT2D eigenvalue weighted by Crippen LogP contribution is -2.19. The average molecular weight is 328 g/mol. The molecule has 1 heterocycles. The number of ether oxygens (including phenoxy) is 2. The summed E-state index contributed by atoms with van der Waals surface area (Å²) < 4.78 is 11.9. The van der Waals surface area contributed by atoms with E-state index in [9.17, 15) is 4.79 Å². The fourth-order valence-electron chi connectivity index (χ4n) is 2.07. The summed E-state index contributed by atoms with van der Waals surface area (Å²) in [5, 5.41) is 3.29. The van der Waals surface area contributed by atoms with Gasteiger partial charge in [-0.05, 0) is 31.2 Å². The van der Waals surface area contributed by atoms with Crippen molar-refractivity contribution >= 4 is 32.6 Å². The molecule has 23 heavy (non-hydrogen) atoms. The molecule has 0 unspecified atom stereocenters. The molecule has 0 aliphatic carbocycles. The van der Waals surface area contributed by atoms with Crippen LogP contribution in [0.1, 0.15) is 6.92 Å². The molecule has 0 aliphatic rings. The summed E-state index contributed by atoms with van der Waals surface area (Å²) in [7, 11) is 0. The zero-order valence-electron chi connectivity index (χ0n) is 12.6. The maximum atomic E-state index is 12.0. The fraction of sp³-hybridized carbons (Fsp3) is 0.176. The van der Waals surface area contributed by atoms with E-state index in [0.29, 0.717) is 17.5 Å². The maximum Gasteiger partial charge on any atom is 0.264 e. The van der Waals surface area contributed by atoms with Crippen LogP contribution in [0.5, 0.6) is 11.5 Å². The van der Waals surface area contributed by atoms with E-state index in [1.165, 1.54) is 11.3 Å². The van der Waals surface area contributed by atoms with Gasteiger partial charge in [0.1, 0.15) is 17.0 Å². The third-order valence-electron chi connectivity index (χ3n) is 3.04. The molecule has 2 aromatic carbocycles. The molecular formula is C17H16N2O3S. The van der Waals surface area contributed by atoms with Gasteiger partial charge in [-0.2, -0.15) is 0 Å². The standard InChI is InChI=1S/C17H16N2O3S/c1-2-21-13-9-6-10-14-16(13)19-17(23-14)18-15(20)11-22-12-7-4-3-5-8-12/h3-10H,2,11H2,1H3,(H,18,19,20). The van der Waals surface area contributed by atoms with Crippen molar-refractivity contribution in [1.82, 2.24) is 4.98 Å². The van der Waals surface area contributed by atoms with Crippen LogP contribution in [-0.2, 0) is 4.79 Å². The molecule has 0 fully saturated rings. The fourth-order valence-corrected chi connectivity index (χ4v) is 2.97. The molecule has 3 rings (SSSR count). The molecule has 118 valence electrons. The van der Waals surface area contributed by atoms with Crippen LogP contribution in [0.2, 0.25) is 0 Å². The van der Waals surface area contributed by atoms with Gasteiger partial charge >= 0.3 is 0 Å². The van der Waals surface area contributed by atoms with Crippen molar-refractivity contribution in [3.8, 4) is 11.5 Å². The number of fused-ring (bicyclic) bond motifs is 1. The highest BCUT2D eigenvalue weighted by atomic mass is 32.1. The van der Waals surface area contributed by atoms with Gasteiger partial charge in [-0.1, -0.05) is 35.6 Å². The number of hydrogen-bond donors (Lipinski definition) is 1. The van der Waals surface area contributed by atoms with Gasteiger partial charge in [0.2, 0.25) is 0 Å². The van der Waals surface area contributed by atoms with E-state index < -0.39 is 0 Å². The molecule has 6 heteroatoms. The molecule has 1 aromatic heterocycles. The van der Waals surface area contributed by atoms with Crippen LogP contribution in [0, 0.1) is 0 Å². The number of hydrogen-bond acceptors (Lipinski definition) is 5. The van der Waals surface area contributed by atoms with Crippen molar-refractivity contribution in [3.63, 3.8) is 0 Å². The number of nitrogens with zero attached hydrogens (tertiary/aromatic N) is 1. The summed E-state index contributed by atoms with van der Waals surface area (Å²) in [5.41, 5.74) is 0.763.